The number of carbonyl (C=O) groups excluding carboxylic acids is 2. The summed E-state index contributed by atoms with van der Waals surface area (Å²) in [7, 11) is -3.68. The van der Waals surface area contributed by atoms with Crippen LogP contribution in [0.1, 0.15) is 95.6 Å². The van der Waals surface area contributed by atoms with Crippen LogP contribution >= 0.6 is 0 Å². The Balaban J connectivity index is 1.34. The maximum atomic E-state index is 15.6. The van der Waals surface area contributed by atoms with Crippen molar-refractivity contribution in [3.05, 3.63) is 53.6 Å². The van der Waals surface area contributed by atoms with Gasteiger partial charge in [-0.15, -0.1) is 0 Å². The standard InChI is InChI=1S/C33H44FN3O5S/c1-5-43(40,41)37-30(38)22(4)23-11-14-29(28(17-23)27-10-7-6-9-26(27)21(2)3)42-25-13-12-24(18-25)36-31(39)33(34)19-32(35-20-33)15-8-16-32/h6-7,9-11,14,17,21-22,24-25,35H,5,8,12-13,15-16,18-20H2,1-4H3,(H,36,39)(H,37,38)/t22-,24+,25+,33-/m0/s1. The van der Waals surface area contributed by atoms with Crippen LogP contribution < -0.4 is 20.1 Å². The number of nitrogens with one attached hydrogen (secondary N) is 3. The lowest BCUT2D eigenvalue weighted by molar-refractivity contribution is -0.133. The molecule has 234 valence electrons. The fraction of sp³-hybridized carbons (Fsp3) is 0.576. The minimum absolute atomic E-state index is 0.0667. The van der Waals surface area contributed by atoms with E-state index in [0.717, 1.165) is 36.0 Å². The van der Waals surface area contributed by atoms with E-state index in [0.29, 0.717) is 30.6 Å². The first-order valence-corrected chi connectivity index (χ1v) is 17.2. The molecule has 1 heterocycles. The van der Waals surface area contributed by atoms with E-state index in [1.807, 2.05) is 30.3 Å². The Kier molecular flexibility index (Phi) is 8.91. The van der Waals surface area contributed by atoms with Gasteiger partial charge in [0.15, 0.2) is 0 Å². The molecule has 1 aliphatic heterocycles. The Morgan fingerprint density at radius 3 is 2.49 bits per heavy atom. The molecule has 2 aromatic carbocycles. The molecule has 10 heteroatoms. The number of ether oxygens (including phenoxy) is 1. The van der Waals surface area contributed by atoms with Gasteiger partial charge in [-0.05, 0) is 80.7 Å². The summed E-state index contributed by atoms with van der Waals surface area (Å²) in [6.45, 7) is 7.46. The highest BCUT2D eigenvalue weighted by Gasteiger charge is 2.55. The van der Waals surface area contributed by atoms with Crippen molar-refractivity contribution >= 4 is 21.8 Å². The highest BCUT2D eigenvalue weighted by Crippen LogP contribution is 2.44. The van der Waals surface area contributed by atoms with Crippen molar-refractivity contribution in [3.63, 3.8) is 0 Å². The lowest BCUT2D eigenvalue weighted by atomic mass is 9.74. The number of hydrogen-bond donors (Lipinski definition) is 3. The predicted molar refractivity (Wildman–Crippen MR) is 165 cm³/mol. The fourth-order valence-electron chi connectivity index (χ4n) is 6.62. The van der Waals surface area contributed by atoms with E-state index in [-0.39, 0.29) is 42.3 Å². The second-order valence-corrected chi connectivity index (χ2v) is 15.0. The van der Waals surface area contributed by atoms with Crippen LogP contribution in [0.3, 0.4) is 0 Å². The van der Waals surface area contributed by atoms with Crippen molar-refractivity contribution in [1.82, 2.24) is 15.4 Å². The van der Waals surface area contributed by atoms with Gasteiger partial charge in [-0.3, -0.25) is 14.3 Å². The number of halogens is 1. The van der Waals surface area contributed by atoms with E-state index >= 15 is 4.39 Å². The summed E-state index contributed by atoms with van der Waals surface area (Å²) in [5.41, 5.74) is 1.51. The Morgan fingerprint density at radius 2 is 1.84 bits per heavy atom. The van der Waals surface area contributed by atoms with Gasteiger partial charge in [0.1, 0.15) is 11.9 Å². The lowest BCUT2D eigenvalue weighted by Gasteiger charge is -2.38. The van der Waals surface area contributed by atoms with Crippen molar-refractivity contribution in [2.45, 2.75) is 108 Å². The molecule has 5 rings (SSSR count). The Morgan fingerprint density at radius 1 is 1.09 bits per heavy atom. The van der Waals surface area contributed by atoms with Gasteiger partial charge in [-0.25, -0.2) is 12.8 Å². The first kappa shape index (κ1) is 31.4. The molecule has 0 bridgehead atoms. The van der Waals surface area contributed by atoms with Crippen molar-refractivity contribution in [2.24, 2.45) is 0 Å². The molecule has 43 heavy (non-hydrogen) atoms. The first-order chi connectivity index (χ1) is 20.3. The quantitative estimate of drug-likeness (QED) is 0.344. The summed E-state index contributed by atoms with van der Waals surface area (Å²) in [4.78, 5) is 25.8. The van der Waals surface area contributed by atoms with Crippen molar-refractivity contribution in [3.8, 4) is 16.9 Å². The van der Waals surface area contributed by atoms with E-state index in [9.17, 15) is 18.0 Å². The van der Waals surface area contributed by atoms with E-state index < -0.39 is 33.4 Å². The monoisotopic (exact) mass is 613 g/mol. The molecule has 2 saturated carbocycles. The molecule has 8 nitrogen and oxygen atoms in total. The maximum absolute atomic E-state index is 15.6. The molecule has 2 aliphatic carbocycles. The van der Waals surface area contributed by atoms with Gasteiger partial charge in [0.05, 0.1) is 11.7 Å². The molecular formula is C33H44FN3O5S. The zero-order chi connectivity index (χ0) is 31.0. The van der Waals surface area contributed by atoms with Gasteiger partial charge in [-0.1, -0.05) is 44.2 Å². The van der Waals surface area contributed by atoms with Crippen molar-refractivity contribution in [2.75, 3.05) is 12.3 Å². The summed E-state index contributed by atoms with van der Waals surface area (Å²) in [6.07, 6.45) is 4.97. The SMILES string of the molecule is CCS(=O)(=O)NC(=O)[C@@H](C)c1ccc(O[C@@H]2CC[C@@H](NC(=O)[C@@]3(F)CNC4(CCC4)C3)C2)c(-c2ccccc2C(C)C)c1. The summed E-state index contributed by atoms with van der Waals surface area (Å²) in [6, 6.07) is 13.4. The summed E-state index contributed by atoms with van der Waals surface area (Å²) in [5.74, 6) is -1.12. The van der Waals surface area contributed by atoms with E-state index in [1.165, 1.54) is 6.92 Å². The zero-order valence-electron chi connectivity index (χ0n) is 25.5. The molecule has 3 fully saturated rings. The van der Waals surface area contributed by atoms with Crippen LogP contribution in [0.25, 0.3) is 11.1 Å². The number of rotatable bonds is 10. The minimum atomic E-state index is -3.68. The average molecular weight is 614 g/mol. The topological polar surface area (TPSA) is 114 Å². The molecule has 4 atom stereocenters. The number of hydrogen-bond acceptors (Lipinski definition) is 6. The van der Waals surface area contributed by atoms with Crippen LogP contribution in [0.2, 0.25) is 0 Å². The van der Waals surface area contributed by atoms with Gasteiger partial charge in [0.2, 0.25) is 21.6 Å². The van der Waals surface area contributed by atoms with E-state index in [2.05, 4.69) is 35.3 Å². The molecule has 2 aromatic rings. The predicted octanol–water partition coefficient (Wildman–Crippen LogP) is 5.09. The molecular weight excluding hydrogens is 569 g/mol. The van der Waals surface area contributed by atoms with Crippen LogP contribution in [-0.4, -0.2) is 55.9 Å². The zero-order valence-corrected chi connectivity index (χ0v) is 26.4. The highest BCUT2D eigenvalue weighted by molar-refractivity contribution is 7.90. The molecule has 0 aromatic heterocycles. The number of alkyl halides is 1. The van der Waals surface area contributed by atoms with Gasteiger partial charge < -0.3 is 15.4 Å². The second-order valence-electron chi connectivity index (χ2n) is 12.9. The lowest BCUT2D eigenvalue weighted by Crippen LogP contribution is -2.49. The third-order valence-corrected chi connectivity index (χ3v) is 10.8. The smallest absolute Gasteiger partial charge is 0.259 e. The van der Waals surface area contributed by atoms with E-state index in [4.69, 9.17) is 4.74 Å². The summed E-state index contributed by atoms with van der Waals surface area (Å²) >= 11 is 0. The Bertz CT molecular complexity index is 1470. The fourth-order valence-corrected chi connectivity index (χ4v) is 7.25. The minimum Gasteiger partial charge on any atom is -0.490 e. The average Bonchev–Trinajstić information content (AvgIpc) is 3.57. The number of benzene rings is 2. The molecule has 3 N–H and O–H groups in total. The van der Waals surface area contributed by atoms with Crippen LogP contribution in [0.5, 0.6) is 5.75 Å². The molecule has 0 unspecified atom stereocenters. The third kappa shape index (κ3) is 6.75. The van der Waals surface area contributed by atoms with Crippen LogP contribution in [-0.2, 0) is 19.6 Å². The van der Waals surface area contributed by atoms with Crippen LogP contribution in [0, 0.1) is 0 Å². The van der Waals surface area contributed by atoms with Crippen molar-refractivity contribution < 1.29 is 27.1 Å². The summed E-state index contributed by atoms with van der Waals surface area (Å²) < 4.78 is 48.3. The molecule has 0 radical (unpaired) electrons. The van der Waals surface area contributed by atoms with Crippen molar-refractivity contribution in [1.29, 1.82) is 0 Å². The molecule has 1 spiro atoms. The Hall–Kier alpha value is -2.98. The molecule has 1 saturated heterocycles. The third-order valence-electron chi connectivity index (χ3n) is 9.50. The van der Waals surface area contributed by atoms with Gasteiger partial charge in [0, 0.05) is 36.5 Å². The largest absolute Gasteiger partial charge is 0.490 e. The first-order valence-electron chi connectivity index (χ1n) is 15.5. The number of sulfonamides is 1. The molecule has 3 aliphatic rings. The second kappa shape index (κ2) is 12.2. The molecule has 2 amide bonds. The van der Waals surface area contributed by atoms with E-state index in [1.54, 1.807) is 13.0 Å². The van der Waals surface area contributed by atoms with Crippen LogP contribution in [0.15, 0.2) is 42.5 Å². The highest BCUT2D eigenvalue weighted by atomic mass is 32.2. The summed E-state index contributed by atoms with van der Waals surface area (Å²) in [5, 5.41) is 6.23. The maximum Gasteiger partial charge on any atom is 0.259 e. The number of carbonyl (C=O) groups is 2. The van der Waals surface area contributed by atoms with Gasteiger partial charge in [-0.2, -0.15) is 0 Å². The number of amides is 2. The van der Waals surface area contributed by atoms with Gasteiger partial charge in [0.25, 0.3) is 5.91 Å². The Labute approximate surface area is 254 Å². The van der Waals surface area contributed by atoms with Gasteiger partial charge >= 0.3 is 0 Å². The normalized spacial score (nSPS) is 25.3. The van der Waals surface area contributed by atoms with Crippen LogP contribution in [0.4, 0.5) is 4.39 Å².